The molecular formula is C12H17FN2. The number of nitrogens with one attached hydrogen (secondary N) is 1. The van der Waals surface area contributed by atoms with Crippen LogP contribution in [0.2, 0.25) is 0 Å². The molecule has 1 saturated heterocycles. The lowest BCUT2D eigenvalue weighted by Crippen LogP contribution is -2.44. The quantitative estimate of drug-likeness (QED) is 0.797. The summed E-state index contributed by atoms with van der Waals surface area (Å²) >= 11 is 0. The van der Waals surface area contributed by atoms with Crippen LogP contribution in [0.25, 0.3) is 0 Å². The maximum absolute atomic E-state index is 12.8. The molecule has 0 radical (unpaired) electrons. The molecule has 15 heavy (non-hydrogen) atoms. The zero-order valence-electron chi connectivity index (χ0n) is 9.04. The molecular weight excluding hydrogens is 191 g/mol. The average Bonchev–Trinajstić information content (AvgIpc) is 2.30. The Morgan fingerprint density at radius 3 is 2.40 bits per heavy atom. The zero-order valence-corrected chi connectivity index (χ0v) is 9.04. The molecule has 0 amide bonds. The van der Waals surface area contributed by atoms with E-state index in [9.17, 15) is 4.39 Å². The van der Waals surface area contributed by atoms with Gasteiger partial charge in [-0.15, -0.1) is 0 Å². The van der Waals surface area contributed by atoms with Gasteiger partial charge in [-0.2, -0.15) is 0 Å². The second kappa shape index (κ2) is 4.73. The summed E-state index contributed by atoms with van der Waals surface area (Å²) in [5.74, 6) is -0.161. The Hall–Kier alpha value is -0.930. The van der Waals surface area contributed by atoms with Gasteiger partial charge in [-0.1, -0.05) is 12.1 Å². The van der Waals surface area contributed by atoms with E-state index < -0.39 is 0 Å². The third-order valence-corrected chi connectivity index (χ3v) is 3.05. The van der Waals surface area contributed by atoms with E-state index in [1.165, 1.54) is 17.7 Å². The maximum atomic E-state index is 12.8. The summed E-state index contributed by atoms with van der Waals surface area (Å²) in [6.45, 7) is 6.41. The zero-order chi connectivity index (χ0) is 10.7. The first kappa shape index (κ1) is 10.6. The fourth-order valence-corrected chi connectivity index (χ4v) is 2.02. The molecule has 1 aliphatic rings. The molecule has 0 aliphatic carbocycles. The van der Waals surface area contributed by atoms with Gasteiger partial charge in [0.05, 0.1) is 0 Å². The van der Waals surface area contributed by atoms with Gasteiger partial charge in [0, 0.05) is 32.2 Å². The Labute approximate surface area is 90.1 Å². The second-order valence-electron chi connectivity index (χ2n) is 4.01. The van der Waals surface area contributed by atoms with Crippen molar-refractivity contribution in [2.75, 3.05) is 26.2 Å². The first-order valence-corrected chi connectivity index (χ1v) is 5.47. The van der Waals surface area contributed by atoms with E-state index in [0.717, 1.165) is 26.2 Å². The van der Waals surface area contributed by atoms with Crippen LogP contribution in [0.3, 0.4) is 0 Å². The van der Waals surface area contributed by atoms with Crippen LogP contribution in [0.1, 0.15) is 18.5 Å². The molecule has 1 heterocycles. The van der Waals surface area contributed by atoms with Crippen molar-refractivity contribution in [3.05, 3.63) is 35.6 Å². The second-order valence-corrected chi connectivity index (χ2v) is 4.01. The van der Waals surface area contributed by atoms with E-state index >= 15 is 0 Å². The molecule has 0 aromatic heterocycles. The minimum absolute atomic E-state index is 0.161. The summed E-state index contributed by atoms with van der Waals surface area (Å²) in [6, 6.07) is 7.21. The number of piperazine rings is 1. The lowest BCUT2D eigenvalue weighted by molar-refractivity contribution is 0.185. The van der Waals surface area contributed by atoms with Gasteiger partial charge in [0.1, 0.15) is 5.82 Å². The van der Waals surface area contributed by atoms with Crippen molar-refractivity contribution in [2.45, 2.75) is 13.0 Å². The van der Waals surface area contributed by atoms with Crippen LogP contribution in [0.4, 0.5) is 4.39 Å². The number of hydrogen-bond donors (Lipinski definition) is 1. The molecule has 2 rings (SSSR count). The Balaban J connectivity index is 2.05. The highest BCUT2D eigenvalue weighted by Crippen LogP contribution is 2.20. The smallest absolute Gasteiger partial charge is 0.123 e. The van der Waals surface area contributed by atoms with Crippen LogP contribution in [-0.4, -0.2) is 31.1 Å². The molecule has 1 N–H and O–H groups in total. The van der Waals surface area contributed by atoms with Gasteiger partial charge < -0.3 is 5.32 Å². The molecule has 0 saturated carbocycles. The van der Waals surface area contributed by atoms with Crippen molar-refractivity contribution in [2.24, 2.45) is 0 Å². The highest BCUT2D eigenvalue weighted by atomic mass is 19.1. The maximum Gasteiger partial charge on any atom is 0.123 e. The fraction of sp³-hybridized carbons (Fsp3) is 0.500. The standard InChI is InChI=1S/C12H17FN2/c1-10(15-8-6-14-7-9-15)11-2-4-12(13)5-3-11/h2-5,10,14H,6-9H2,1H3/t10-/m0/s1. The van der Waals surface area contributed by atoms with Crippen molar-refractivity contribution < 1.29 is 4.39 Å². The topological polar surface area (TPSA) is 15.3 Å². The van der Waals surface area contributed by atoms with Gasteiger partial charge in [-0.05, 0) is 24.6 Å². The first-order valence-electron chi connectivity index (χ1n) is 5.47. The molecule has 0 unspecified atom stereocenters. The van der Waals surface area contributed by atoms with Gasteiger partial charge in [0.15, 0.2) is 0 Å². The summed E-state index contributed by atoms with van der Waals surface area (Å²) in [5, 5.41) is 3.33. The summed E-state index contributed by atoms with van der Waals surface area (Å²) in [6.07, 6.45) is 0. The molecule has 1 aromatic rings. The molecule has 1 aliphatic heterocycles. The van der Waals surface area contributed by atoms with Crippen LogP contribution in [-0.2, 0) is 0 Å². The predicted molar refractivity (Wildman–Crippen MR) is 59.3 cm³/mol. The van der Waals surface area contributed by atoms with E-state index in [2.05, 4.69) is 17.1 Å². The first-order chi connectivity index (χ1) is 7.27. The van der Waals surface area contributed by atoms with Gasteiger partial charge in [0.2, 0.25) is 0 Å². The number of nitrogens with zero attached hydrogens (tertiary/aromatic N) is 1. The summed E-state index contributed by atoms with van der Waals surface area (Å²) in [5.41, 5.74) is 1.19. The molecule has 1 atom stereocenters. The minimum Gasteiger partial charge on any atom is -0.314 e. The third kappa shape index (κ3) is 2.55. The lowest BCUT2D eigenvalue weighted by atomic mass is 10.1. The summed E-state index contributed by atoms with van der Waals surface area (Å²) < 4.78 is 12.8. The van der Waals surface area contributed by atoms with Gasteiger partial charge in [-0.25, -0.2) is 4.39 Å². The van der Waals surface area contributed by atoms with Crippen LogP contribution >= 0.6 is 0 Å². The SMILES string of the molecule is C[C@@H](c1ccc(F)cc1)N1CCNCC1. The van der Waals surface area contributed by atoms with Gasteiger partial charge in [-0.3, -0.25) is 4.90 Å². The normalized spacial score (nSPS) is 20.1. The summed E-state index contributed by atoms with van der Waals surface area (Å²) in [7, 11) is 0. The van der Waals surface area contributed by atoms with Crippen LogP contribution in [0, 0.1) is 5.82 Å². The lowest BCUT2D eigenvalue weighted by Gasteiger charge is -2.33. The van der Waals surface area contributed by atoms with E-state index in [-0.39, 0.29) is 5.82 Å². The van der Waals surface area contributed by atoms with Crippen molar-refractivity contribution in [3.8, 4) is 0 Å². The van der Waals surface area contributed by atoms with Crippen molar-refractivity contribution in [1.82, 2.24) is 10.2 Å². The van der Waals surface area contributed by atoms with Crippen LogP contribution in [0.5, 0.6) is 0 Å². The third-order valence-electron chi connectivity index (χ3n) is 3.05. The van der Waals surface area contributed by atoms with E-state index in [1.807, 2.05) is 12.1 Å². The summed E-state index contributed by atoms with van der Waals surface area (Å²) in [4.78, 5) is 2.42. The highest BCUT2D eigenvalue weighted by Gasteiger charge is 2.17. The molecule has 1 fully saturated rings. The van der Waals surface area contributed by atoms with Crippen LogP contribution in [0.15, 0.2) is 24.3 Å². The molecule has 0 bridgehead atoms. The predicted octanol–water partition coefficient (Wildman–Crippen LogP) is 1.79. The van der Waals surface area contributed by atoms with E-state index in [0.29, 0.717) is 6.04 Å². The Morgan fingerprint density at radius 1 is 1.20 bits per heavy atom. The Morgan fingerprint density at radius 2 is 1.80 bits per heavy atom. The van der Waals surface area contributed by atoms with Crippen molar-refractivity contribution >= 4 is 0 Å². The monoisotopic (exact) mass is 208 g/mol. The Bertz CT molecular complexity index is 304. The fourth-order valence-electron chi connectivity index (χ4n) is 2.02. The minimum atomic E-state index is -0.161. The number of halogens is 1. The highest BCUT2D eigenvalue weighted by molar-refractivity contribution is 5.19. The van der Waals surface area contributed by atoms with Gasteiger partial charge in [0.25, 0.3) is 0 Å². The molecule has 3 heteroatoms. The Kier molecular flexibility index (Phi) is 3.34. The average molecular weight is 208 g/mol. The van der Waals surface area contributed by atoms with Gasteiger partial charge >= 0.3 is 0 Å². The number of benzene rings is 1. The number of rotatable bonds is 2. The van der Waals surface area contributed by atoms with Crippen molar-refractivity contribution in [3.63, 3.8) is 0 Å². The molecule has 0 spiro atoms. The largest absolute Gasteiger partial charge is 0.314 e. The van der Waals surface area contributed by atoms with Crippen LogP contribution < -0.4 is 5.32 Å². The molecule has 2 nitrogen and oxygen atoms in total. The molecule has 82 valence electrons. The molecule has 1 aromatic carbocycles. The number of hydrogen-bond acceptors (Lipinski definition) is 2. The van der Waals surface area contributed by atoms with E-state index in [1.54, 1.807) is 0 Å². The van der Waals surface area contributed by atoms with Crippen molar-refractivity contribution in [1.29, 1.82) is 0 Å². The van der Waals surface area contributed by atoms with E-state index in [4.69, 9.17) is 0 Å².